The zero-order valence-corrected chi connectivity index (χ0v) is 19.6. The smallest absolute Gasteiger partial charge is 0.177 e. The first-order valence-electron chi connectivity index (χ1n) is 10.5. The van der Waals surface area contributed by atoms with E-state index in [9.17, 15) is 0 Å². The van der Waals surface area contributed by atoms with Gasteiger partial charge in [-0.05, 0) is 20.2 Å². The molecule has 0 amide bonds. The van der Waals surface area contributed by atoms with E-state index >= 15 is 8.78 Å². The highest BCUT2D eigenvalue weighted by Crippen LogP contribution is 2.38. The summed E-state index contributed by atoms with van der Waals surface area (Å²) in [6.45, 7) is 1.25. The third-order valence-corrected chi connectivity index (χ3v) is 5.21. The van der Waals surface area contributed by atoms with Crippen LogP contribution in [0.15, 0.2) is 30.7 Å². The van der Waals surface area contributed by atoms with Crippen LogP contribution < -0.4 is 14.8 Å². The number of nitrogens with one attached hydrogen (secondary N) is 1. The molecule has 0 aliphatic carbocycles. The van der Waals surface area contributed by atoms with Crippen LogP contribution in [-0.2, 0) is 7.05 Å². The monoisotopic (exact) mass is 469 g/mol. The number of methoxy groups -OCH3 is 2. The molecule has 0 aliphatic rings. The predicted octanol–water partition coefficient (Wildman–Crippen LogP) is 3.36. The molecule has 11 heteroatoms. The summed E-state index contributed by atoms with van der Waals surface area (Å²) in [7, 11) is 8.29. The molecule has 4 aromatic rings. The Labute approximate surface area is 195 Å². The Morgan fingerprint density at radius 1 is 1.03 bits per heavy atom. The Hall–Kier alpha value is -3.86. The molecule has 0 bridgehead atoms. The summed E-state index contributed by atoms with van der Waals surface area (Å²) in [5.41, 5.74) is 0.962. The molecule has 4 rings (SSSR count). The molecule has 3 heterocycles. The second kappa shape index (κ2) is 9.56. The second-order valence-electron chi connectivity index (χ2n) is 7.90. The van der Waals surface area contributed by atoms with Crippen molar-refractivity contribution in [2.45, 2.75) is 0 Å². The number of ether oxygens (including phenoxy) is 2. The van der Waals surface area contributed by atoms with Gasteiger partial charge in [-0.2, -0.15) is 5.10 Å². The van der Waals surface area contributed by atoms with Gasteiger partial charge in [0.15, 0.2) is 34.8 Å². The number of hydrogen-bond acceptors (Lipinski definition) is 8. The zero-order chi connectivity index (χ0) is 24.4. The summed E-state index contributed by atoms with van der Waals surface area (Å²) in [5.74, 6) is -1.21. The first-order valence-corrected chi connectivity index (χ1v) is 10.5. The molecule has 0 fully saturated rings. The van der Waals surface area contributed by atoms with E-state index in [2.05, 4.69) is 25.4 Å². The first kappa shape index (κ1) is 23.3. The molecule has 9 nitrogen and oxygen atoms in total. The molecular formula is C23H25F2N7O2. The molecule has 0 aliphatic heterocycles. The quantitative estimate of drug-likeness (QED) is 0.420. The van der Waals surface area contributed by atoms with Gasteiger partial charge in [0.2, 0.25) is 0 Å². The third-order valence-electron chi connectivity index (χ3n) is 5.21. The number of aromatic nitrogens is 5. The van der Waals surface area contributed by atoms with Crippen LogP contribution in [-0.4, -0.2) is 71.0 Å². The largest absolute Gasteiger partial charge is 0.494 e. The van der Waals surface area contributed by atoms with E-state index in [1.807, 2.05) is 19.0 Å². The number of hydrogen-bond donors (Lipinski definition) is 1. The minimum Gasteiger partial charge on any atom is -0.494 e. The molecule has 1 N–H and O–H groups in total. The van der Waals surface area contributed by atoms with E-state index < -0.39 is 11.6 Å². The summed E-state index contributed by atoms with van der Waals surface area (Å²) in [4.78, 5) is 15.6. The number of pyridine rings is 1. The Kier molecular flexibility index (Phi) is 6.55. The zero-order valence-electron chi connectivity index (χ0n) is 19.6. The van der Waals surface area contributed by atoms with Crippen molar-refractivity contribution in [1.82, 2.24) is 29.6 Å². The maximum absolute atomic E-state index is 15.2. The molecule has 1 aromatic carbocycles. The lowest BCUT2D eigenvalue weighted by atomic mass is 10.1. The van der Waals surface area contributed by atoms with Crippen molar-refractivity contribution in [2.75, 3.05) is 46.7 Å². The van der Waals surface area contributed by atoms with Gasteiger partial charge in [0, 0.05) is 44.0 Å². The summed E-state index contributed by atoms with van der Waals surface area (Å²) in [5, 5.41) is 7.96. The standard InChI is InChI=1S/C23H25F2N7O2/c1-31(2)7-6-26-23-21-13(10-27-22(30-21)14-11-28-32(3)12-14)8-15(29-23)18-19(24)16(33-4)9-17(34-5)20(18)25/h8-12H,6-7H2,1-5H3,(H,26,29). The van der Waals surface area contributed by atoms with E-state index in [1.54, 1.807) is 36.4 Å². The molecule has 0 spiro atoms. The van der Waals surface area contributed by atoms with Gasteiger partial charge < -0.3 is 19.7 Å². The van der Waals surface area contributed by atoms with Crippen molar-refractivity contribution in [1.29, 1.82) is 0 Å². The van der Waals surface area contributed by atoms with E-state index in [4.69, 9.17) is 9.47 Å². The van der Waals surface area contributed by atoms with Gasteiger partial charge in [-0.1, -0.05) is 0 Å². The van der Waals surface area contributed by atoms with Crippen molar-refractivity contribution in [2.24, 2.45) is 7.05 Å². The van der Waals surface area contributed by atoms with Crippen LogP contribution in [0.3, 0.4) is 0 Å². The molecule has 0 radical (unpaired) electrons. The van der Waals surface area contributed by atoms with Crippen LogP contribution in [0.2, 0.25) is 0 Å². The Balaban J connectivity index is 1.91. The van der Waals surface area contributed by atoms with Crippen molar-refractivity contribution < 1.29 is 18.3 Å². The van der Waals surface area contributed by atoms with E-state index in [0.29, 0.717) is 35.6 Å². The highest BCUT2D eigenvalue weighted by molar-refractivity contribution is 5.92. The van der Waals surface area contributed by atoms with E-state index in [0.717, 1.165) is 11.6 Å². The topological polar surface area (TPSA) is 90.2 Å². The molecule has 3 aromatic heterocycles. The average molecular weight is 469 g/mol. The Bertz CT molecular complexity index is 1310. The van der Waals surface area contributed by atoms with Crippen LogP contribution in [0.1, 0.15) is 0 Å². The predicted molar refractivity (Wildman–Crippen MR) is 125 cm³/mol. The van der Waals surface area contributed by atoms with Gasteiger partial charge in [-0.25, -0.2) is 23.7 Å². The minimum atomic E-state index is -0.875. The lowest BCUT2D eigenvalue weighted by molar-refractivity contribution is 0.359. The number of anilines is 1. The maximum atomic E-state index is 15.2. The fourth-order valence-electron chi connectivity index (χ4n) is 3.47. The summed E-state index contributed by atoms with van der Waals surface area (Å²) in [6.07, 6.45) is 5.06. The molecule has 178 valence electrons. The number of halogens is 2. The average Bonchev–Trinajstić information content (AvgIpc) is 3.25. The van der Waals surface area contributed by atoms with Crippen LogP contribution in [0.5, 0.6) is 11.5 Å². The highest BCUT2D eigenvalue weighted by Gasteiger charge is 2.24. The van der Waals surface area contributed by atoms with Crippen LogP contribution >= 0.6 is 0 Å². The SMILES string of the molecule is COc1cc(OC)c(F)c(-c2cc3cnc(-c4cnn(C)c4)nc3c(NCCN(C)C)n2)c1F. The lowest BCUT2D eigenvalue weighted by Gasteiger charge is -2.16. The fraction of sp³-hybridized carbons (Fsp3) is 0.304. The number of fused-ring (bicyclic) bond motifs is 1. The molecule has 0 saturated heterocycles. The Morgan fingerprint density at radius 3 is 2.32 bits per heavy atom. The molecule has 34 heavy (non-hydrogen) atoms. The van der Waals surface area contributed by atoms with Gasteiger partial charge in [0.25, 0.3) is 0 Å². The lowest BCUT2D eigenvalue weighted by Crippen LogP contribution is -2.21. The number of aryl methyl sites for hydroxylation is 1. The van der Waals surface area contributed by atoms with Gasteiger partial charge >= 0.3 is 0 Å². The number of benzene rings is 1. The fourth-order valence-corrected chi connectivity index (χ4v) is 3.47. The van der Waals surface area contributed by atoms with Gasteiger partial charge in [0.05, 0.1) is 37.2 Å². The van der Waals surface area contributed by atoms with Crippen LogP contribution in [0.4, 0.5) is 14.6 Å². The molecular weight excluding hydrogens is 444 g/mol. The van der Waals surface area contributed by atoms with Crippen molar-refractivity contribution >= 4 is 16.7 Å². The molecule has 0 unspecified atom stereocenters. The Morgan fingerprint density at radius 2 is 1.74 bits per heavy atom. The van der Waals surface area contributed by atoms with Crippen molar-refractivity contribution in [3.8, 4) is 34.1 Å². The minimum absolute atomic E-state index is 0.0600. The van der Waals surface area contributed by atoms with Gasteiger partial charge in [-0.15, -0.1) is 0 Å². The van der Waals surface area contributed by atoms with Crippen LogP contribution in [0.25, 0.3) is 33.5 Å². The molecule has 0 atom stereocenters. The van der Waals surface area contributed by atoms with Crippen LogP contribution in [0, 0.1) is 11.6 Å². The maximum Gasteiger partial charge on any atom is 0.177 e. The highest BCUT2D eigenvalue weighted by atomic mass is 19.1. The van der Waals surface area contributed by atoms with Crippen molar-refractivity contribution in [3.63, 3.8) is 0 Å². The van der Waals surface area contributed by atoms with E-state index in [1.165, 1.54) is 14.2 Å². The van der Waals surface area contributed by atoms with E-state index in [-0.39, 0.29) is 22.8 Å². The summed E-state index contributed by atoms with van der Waals surface area (Å²) >= 11 is 0. The number of nitrogens with zero attached hydrogens (tertiary/aromatic N) is 6. The summed E-state index contributed by atoms with van der Waals surface area (Å²) in [6, 6.07) is 2.70. The normalized spacial score (nSPS) is 11.3. The first-order chi connectivity index (χ1) is 16.3. The number of likely N-dealkylation sites (N-methyl/N-ethyl adjacent to an activating group) is 1. The second-order valence-corrected chi connectivity index (χ2v) is 7.90. The van der Waals surface area contributed by atoms with Gasteiger partial charge in [-0.3, -0.25) is 4.68 Å². The van der Waals surface area contributed by atoms with Gasteiger partial charge in [0.1, 0.15) is 5.52 Å². The molecule has 0 saturated carbocycles. The third kappa shape index (κ3) is 4.46. The summed E-state index contributed by atoms with van der Waals surface area (Å²) < 4.78 is 42.2. The number of rotatable bonds is 8. The van der Waals surface area contributed by atoms with Crippen molar-refractivity contribution in [3.05, 3.63) is 42.4 Å².